The summed E-state index contributed by atoms with van der Waals surface area (Å²) < 4.78 is 14.7. The number of halogens is 1. The quantitative estimate of drug-likeness (QED) is 0.784. The number of hydrogen-bond acceptors (Lipinski definition) is 3. The van der Waals surface area contributed by atoms with Gasteiger partial charge in [0.2, 0.25) is 5.91 Å². The van der Waals surface area contributed by atoms with E-state index in [0.29, 0.717) is 22.3 Å². The number of amides is 1. The smallest absolute Gasteiger partial charge is 0.272 e. The van der Waals surface area contributed by atoms with Crippen molar-refractivity contribution in [3.63, 3.8) is 0 Å². The highest BCUT2D eigenvalue weighted by molar-refractivity contribution is 5.81. The second-order valence-electron chi connectivity index (χ2n) is 6.42. The number of carbonyl (C=O) groups is 1. The maximum Gasteiger partial charge on any atom is 0.272 e. The number of fused-ring (bicyclic) bond motifs is 1. The van der Waals surface area contributed by atoms with Crippen molar-refractivity contribution in [2.24, 2.45) is 0 Å². The molecule has 134 valence electrons. The highest BCUT2D eigenvalue weighted by Gasteiger charge is 2.13. The maximum atomic E-state index is 13.2. The molecule has 6 heteroatoms. The summed E-state index contributed by atoms with van der Waals surface area (Å²) in [5.41, 5.74) is 4.13. The van der Waals surface area contributed by atoms with E-state index in [4.69, 9.17) is 0 Å². The first-order valence-corrected chi connectivity index (χ1v) is 8.34. The molecule has 1 N–H and O–H groups in total. The number of nitrogens with zero attached hydrogens (tertiary/aromatic N) is 2. The minimum atomic E-state index is -0.352. The van der Waals surface area contributed by atoms with Crippen LogP contribution in [0.5, 0.6) is 0 Å². The topological polar surface area (TPSA) is 64.0 Å². The molecule has 0 radical (unpaired) electrons. The Morgan fingerprint density at radius 2 is 1.88 bits per heavy atom. The summed E-state index contributed by atoms with van der Waals surface area (Å²) in [6.07, 6.45) is 0. The van der Waals surface area contributed by atoms with Crippen LogP contribution in [-0.4, -0.2) is 15.5 Å². The molecule has 3 rings (SSSR count). The third-order valence-electron chi connectivity index (χ3n) is 4.40. The normalized spacial score (nSPS) is 10.9. The van der Waals surface area contributed by atoms with E-state index in [-0.39, 0.29) is 30.4 Å². The molecule has 0 aliphatic rings. The van der Waals surface area contributed by atoms with E-state index in [0.717, 1.165) is 11.1 Å². The Morgan fingerprint density at radius 3 is 2.62 bits per heavy atom. The zero-order valence-corrected chi connectivity index (χ0v) is 15.0. The van der Waals surface area contributed by atoms with Gasteiger partial charge in [-0.1, -0.05) is 12.1 Å². The Hall–Kier alpha value is -3.02. The highest BCUT2D eigenvalue weighted by atomic mass is 19.1. The SMILES string of the molecule is Cc1cc2nc(C)c(=O)n(CC(=O)NCc3cccc(F)c3)c2cc1C. The molecule has 0 spiro atoms. The van der Waals surface area contributed by atoms with Crippen LogP contribution < -0.4 is 10.9 Å². The zero-order chi connectivity index (χ0) is 18.8. The van der Waals surface area contributed by atoms with Crippen LogP contribution in [0.15, 0.2) is 41.2 Å². The van der Waals surface area contributed by atoms with Gasteiger partial charge < -0.3 is 5.32 Å². The van der Waals surface area contributed by atoms with Gasteiger partial charge >= 0.3 is 0 Å². The molecule has 26 heavy (non-hydrogen) atoms. The number of nitrogens with one attached hydrogen (secondary N) is 1. The van der Waals surface area contributed by atoms with Crippen LogP contribution in [0.3, 0.4) is 0 Å². The fourth-order valence-electron chi connectivity index (χ4n) is 2.83. The molecule has 0 unspecified atom stereocenters. The molecule has 5 nitrogen and oxygen atoms in total. The molecular weight excluding hydrogens is 333 g/mol. The second-order valence-corrected chi connectivity index (χ2v) is 6.42. The molecule has 0 saturated heterocycles. The molecule has 0 bridgehead atoms. The molecule has 0 aliphatic carbocycles. The van der Waals surface area contributed by atoms with Crippen molar-refractivity contribution in [1.29, 1.82) is 0 Å². The van der Waals surface area contributed by atoms with Crippen LogP contribution >= 0.6 is 0 Å². The van der Waals surface area contributed by atoms with Crippen molar-refractivity contribution in [2.75, 3.05) is 0 Å². The van der Waals surface area contributed by atoms with Gasteiger partial charge in [-0.05, 0) is 61.7 Å². The van der Waals surface area contributed by atoms with Crippen molar-refractivity contribution in [2.45, 2.75) is 33.9 Å². The average molecular weight is 353 g/mol. The van der Waals surface area contributed by atoms with Gasteiger partial charge in [0, 0.05) is 6.54 Å². The summed E-state index contributed by atoms with van der Waals surface area (Å²) in [7, 11) is 0. The maximum absolute atomic E-state index is 13.2. The Labute approximate surface area is 150 Å². The number of hydrogen-bond donors (Lipinski definition) is 1. The van der Waals surface area contributed by atoms with Crippen molar-refractivity contribution in [3.05, 3.63) is 75.0 Å². The number of rotatable bonds is 4. The van der Waals surface area contributed by atoms with E-state index in [9.17, 15) is 14.0 Å². The molecule has 3 aromatic rings. The van der Waals surface area contributed by atoms with E-state index < -0.39 is 0 Å². The zero-order valence-electron chi connectivity index (χ0n) is 15.0. The Morgan fingerprint density at radius 1 is 1.15 bits per heavy atom. The summed E-state index contributed by atoms with van der Waals surface area (Å²) in [5.74, 6) is -0.670. The predicted molar refractivity (Wildman–Crippen MR) is 98.5 cm³/mol. The number of carbonyl (C=O) groups excluding carboxylic acids is 1. The fourth-order valence-corrected chi connectivity index (χ4v) is 2.83. The molecule has 0 fully saturated rings. The first-order valence-electron chi connectivity index (χ1n) is 8.34. The third kappa shape index (κ3) is 3.64. The minimum Gasteiger partial charge on any atom is -0.350 e. The lowest BCUT2D eigenvalue weighted by Crippen LogP contribution is -2.33. The molecule has 0 atom stereocenters. The molecule has 1 amide bonds. The Kier molecular flexibility index (Phi) is 4.84. The lowest BCUT2D eigenvalue weighted by molar-refractivity contribution is -0.121. The predicted octanol–water partition coefficient (Wildman–Crippen LogP) is 2.78. The number of aromatic nitrogens is 2. The van der Waals surface area contributed by atoms with Crippen LogP contribution in [0, 0.1) is 26.6 Å². The van der Waals surface area contributed by atoms with Gasteiger partial charge in [0.1, 0.15) is 18.1 Å². The van der Waals surface area contributed by atoms with E-state index in [1.807, 2.05) is 26.0 Å². The van der Waals surface area contributed by atoms with Crippen molar-refractivity contribution >= 4 is 16.9 Å². The van der Waals surface area contributed by atoms with Gasteiger partial charge in [0.25, 0.3) is 5.56 Å². The average Bonchev–Trinajstić information content (AvgIpc) is 2.59. The first kappa shape index (κ1) is 17.8. The standard InChI is InChI=1S/C20H20FN3O2/c1-12-7-17-18(8-13(12)2)24(20(26)14(3)23-17)11-19(25)22-10-15-5-4-6-16(21)9-15/h4-9H,10-11H2,1-3H3,(H,22,25). The van der Waals surface area contributed by atoms with E-state index in [2.05, 4.69) is 10.3 Å². The van der Waals surface area contributed by atoms with Crippen LogP contribution in [0.25, 0.3) is 11.0 Å². The summed E-state index contributed by atoms with van der Waals surface area (Å²) in [4.78, 5) is 29.2. The fraction of sp³-hybridized carbons (Fsp3) is 0.250. The van der Waals surface area contributed by atoms with E-state index in [1.54, 1.807) is 19.1 Å². The summed E-state index contributed by atoms with van der Waals surface area (Å²) in [6, 6.07) is 9.82. The molecule has 2 aromatic carbocycles. The minimum absolute atomic E-state index is 0.115. The highest BCUT2D eigenvalue weighted by Crippen LogP contribution is 2.17. The Balaban J connectivity index is 1.87. The van der Waals surface area contributed by atoms with E-state index in [1.165, 1.54) is 16.7 Å². The first-order chi connectivity index (χ1) is 12.3. The van der Waals surface area contributed by atoms with Crippen LogP contribution in [0.2, 0.25) is 0 Å². The van der Waals surface area contributed by atoms with Crippen LogP contribution in [0.4, 0.5) is 4.39 Å². The molecule has 0 aliphatic heterocycles. The van der Waals surface area contributed by atoms with Crippen molar-refractivity contribution in [3.8, 4) is 0 Å². The van der Waals surface area contributed by atoms with Gasteiger partial charge in [-0.2, -0.15) is 0 Å². The number of aryl methyl sites for hydroxylation is 3. The third-order valence-corrected chi connectivity index (χ3v) is 4.40. The summed E-state index contributed by atoms with van der Waals surface area (Å²) in [5, 5.41) is 2.73. The summed E-state index contributed by atoms with van der Waals surface area (Å²) in [6.45, 7) is 5.65. The van der Waals surface area contributed by atoms with Crippen LogP contribution in [0.1, 0.15) is 22.4 Å². The van der Waals surface area contributed by atoms with Gasteiger partial charge in [-0.3, -0.25) is 14.2 Å². The molecular formula is C20H20FN3O2. The molecule has 0 saturated carbocycles. The molecule has 1 heterocycles. The van der Waals surface area contributed by atoms with E-state index >= 15 is 0 Å². The monoisotopic (exact) mass is 353 g/mol. The summed E-state index contributed by atoms with van der Waals surface area (Å²) >= 11 is 0. The Bertz CT molecular complexity index is 1060. The van der Waals surface area contributed by atoms with Gasteiger partial charge in [0.15, 0.2) is 0 Å². The van der Waals surface area contributed by atoms with Crippen molar-refractivity contribution < 1.29 is 9.18 Å². The lowest BCUT2D eigenvalue weighted by Gasteiger charge is -2.13. The number of benzene rings is 2. The van der Waals surface area contributed by atoms with Gasteiger partial charge in [-0.25, -0.2) is 9.37 Å². The largest absolute Gasteiger partial charge is 0.350 e. The van der Waals surface area contributed by atoms with Crippen LogP contribution in [-0.2, 0) is 17.9 Å². The second kappa shape index (κ2) is 7.07. The molecule has 1 aromatic heterocycles. The lowest BCUT2D eigenvalue weighted by atomic mass is 10.1. The van der Waals surface area contributed by atoms with Gasteiger partial charge in [0.05, 0.1) is 11.0 Å². The van der Waals surface area contributed by atoms with Crippen molar-refractivity contribution in [1.82, 2.24) is 14.9 Å². The van der Waals surface area contributed by atoms with Gasteiger partial charge in [-0.15, -0.1) is 0 Å².